The Morgan fingerprint density at radius 1 is 0.849 bits per heavy atom. The number of nitrogens with zero attached hydrogens (tertiary/aromatic N) is 5. The number of benzene rings is 3. The number of carbonyl (C=O) groups excluding carboxylic acids is 4. The van der Waals surface area contributed by atoms with E-state index in [0.717, 1.165) is 104 Å². The molecular formula is C41H40ClN7O4. The highest BCUT2D eigenvalue weighted by Crippen LogP contribution is 2.38. The number of aromatic amines is 1. The van der Waals surface area contributed by atoms with E-state index < -0.39 is 23.8 Å². The summed E-state index contributed by atoms with van der Waals surface area (Å²) in [6, 6.07) is 18.1. The normalized spacial score (nSPS) is 22.4. The van der Waals surface area contributed by atoms with Crippen LogP contribution in [-0.4, -0.2) is 77.2 Å². The van der Waals surface area contributed by atoms with Crippen molar-refractivity contribution < 1.29 is 19.2 Å². The average Bonchev–Trinajstić information content (AvgIpc) is 3.85. The van der Waals surface area contributed by atoms with Crippen molar-refractivity contribution in [1.82, 2.24) is 20.1 Å². The van der Waals surface area contributed by atoms with Gasteiger partial charge in [0.1, 0.15) is 12.1 Å². The molecule has 0 radical (unpaired) electrons. The molecule has 5 aliphatic rings. The summed E-state index contributed by atoms with van der Waals surface area (Å²) in [6.45, 7) is 6.33. The van der Waals surface area contributed by atoms with E-state index in [9.17, 15) is 24.4 Å². The van der Waals surface area contributed by atoms with E-state index in [1.807, 2.05) is 18.2 Å². The lowest BCUT2D eigenvalue weighted by molar-refractivity contribution is -0.136. The number of imide groups is 2. The van der Waals surface area contributed by atoms with E-state index in [0.29, 0.717) is 33.5 Å². The van der Waals surface area contributed by atoms with Crippen LogP contribution >= 0.6 is 11.6 Å². The number of hydrogen-bond donors (Lipinski definition) is 2. The van der Waals surface area contributed by atoms with Gasteiger partial charge in [0.05, 0.1) is 32.9 Å². The third-order valence-electron chi connectivity index (χ3n) is 12.1. The van der Waals surface area contributed by atoms with Crippen LogP contribution in [0.3, 0.4) is 0 Å². The van der Waals surface area contributed by atoms with Crippen molar-refractivity contribution in [2.75, 3.05) is 42.5 Å². The molecule has 4 aromatic rings. The first-order valence-corrected chi connectivity index (χ1v) is 19.0. The lowest BCUT2D eigenvalue weighted by Gasteiger charge is -2.36. The Morgan fingerprint density at radius 3 is 2.25 bits per heavy atom. The average molecular weight is 730 g/mol. The van der Waals surface area contributed by atoms with E-state index >= 15 is 0 Å². The smallest absolute Gasteiger partial charge is 0.262 e. The zero-order valence-corrected chi connectivity index (χ0v) is 30.1. The van der Waals surface area contributed by atoms with Crippen LogP contribution in [0.25, 0.3) is 10.9 Å². The Morgan fingerprint density at radius 2 is 1.57 bits per heavy atom. The predicted molar refractivity (Wildman–Crippen MR) is 201 cm³/mol. The van der Waals surface area contributed by atoms with E-state index in [4.69, 9.17) is 11.6 Å². The second-order valence-electron chi connectivity index (χ2n) is 15.2. The first-order valence-electron chi connectivity index (χ1n) is 18.6. The first-order chi connectivity index (χ1) is 25.7. The van der Waals surface area contributed by atoms with Gasteiger partial charge in [0.2, 0.25) is 11.8 Å². The number of nitrogens with one attached hydrogen (secondary N) is 2. The molecule has 5 aliphatic heterocycles. The largest absolute Gasteiger partial charge is 0.372 e. The van der Waals surface area contributed by atoms with Gasteiger partial charge >= 0.3 is 0 Å². The van der Waals surface area contributed by atoms with Gasteiger partial charge in [0, 0.05) is 75.4 Å². The zero-order chi connectivity index (χ0) is 36.4. The number of nitriles is 1. The van der Waals surface area contributed by atoms with Crippen LogP contribution in [0.4, 0.5) is 11.4 Å². The maximum atomic E-state index is 13.3. The lowest BCUT2D eigenvalue weighted by Crippen LogP contribution is -2.54. The fourth-order valence-corrected chi connectivity index (χ4v) is 9.54. The Labute approximate surface area is 312 Å². The number of H-pyrrole nitrogens is 1. The molecule has 0 bridgehead atoms. The maximum absolute atomic E-state index is 13.3. The van der Waals surface area contributed by atoms with Gasteiger partial charge in [-0.3, -0.25) is 34.3 Å². The molecule has 12 heteroatoms. The fraction of sp³-hybridized carbons (Fsp3) is 0.390. The van der Waals surface area contributed by atoms with Crippen LogP contribution in [-0.2, 0) is 22.7 Å². The van der Waals surface area contributed by atoms with Crippen molar-refractivity contribution in [3.63, 3.8) is 0 Å². The van der Waals surface area contributed by atoms with Gasteiger partial charge < -0.3 is 14.8 Å². The van der Waals surface area contributed by atoms with Crippen molar-refractivity contribution in [1.29, 1.82) is 5.26 Å². The van der Waals surface area contributed by atoms with E-state index in [2.05, 4.69) is 61.4 Å². The first kappa shape index (κ1) is 33.6. The van der Waals surface area contributed by atoms with Crippen molar-refractivity contribution in [2.45, 2.75) is 63.6 Å². The second kappa shape index (κ2) is 13.3. The van der Waals surface area contributed by atoms with Crippen LogP contribution in [0.2, 0.25) is 5.02 Å². The van der Waals surface area contributed by atoms with Crippen LogP contribution < -0.4 is 15.1 Å². The SMILES string of the molecule is N#Cc1c[nH]c2c(N3CCC[C@@H](c4ccc(N5CCC(CN6Cc7cc8c(cc7C6)C(=O)N(C6CCC(=O)NC6=O)C8=O)CC5)cc4)C3)ccc(Cl)c12. The third-order valence-corrected chi connectivity index (χ3v) is 12.4. The highest BCUT2D eigenvalue weighted by Gasteiger charge is 2.45. The maximum Gasteiger partial charge on any atom is 0.262 e. The molecule has 0 saturated carbocycles. The lowest BCUT2D eigenvalue weighted by atomic mass is 9.89. The number of carbonyl (C=O) groups is 4. The van der Waals surface area contributed by atoms with Crippen molar-refractivity contribution >= 4 is 57.5 Å². The van der Waals surface area contributed by atoms with Gasteiger partial charge in [-0.2, -0.15) is 5.26 Å². The molecule has 2 atom stereocenters. The molecule has 1 unspecified atom stereocenters. The van der Waals surface area contributed by atoms with Crippen molar-refractivity contribution in [2.24, 2.45) is 5.92 Å². The number of rotatable bonds is 6. The van der Waals surface area contributed by atoms with Gasteiger partial charge in [-0.25, -0.2) is 0 Å². The third kappa shape index (κ3) is 5.94. The number of halogens is 1. The fourth-order valence-electron chi connectivity index (χ4n) is 9.28. The van der Waals surface area contributed by atoms with E-state index in [1.54, 1.807) is 6.20 Å². The number of hydrogen-bond acceptors (Lipinski definition) is 8. The minimum absolute atomic E-state index is 0.109. The van der Waals surface area contributed by atoms with Gasteiger partial charge in [-0.1, -0.05) is 23.7 Å². The van der Waals surface area contributed by atoms with Gasteiger partial charge in [-0.15, -0.1) is 0 Å². The summed E-state index contributed by atoms with van der Waals surface area (Å²) in [4.78, 5) is 62.3. The molecule has 4 amide bonds. The molecular weight excluding hydrogens is 690 g/mol. The summed E-state index contributed by atoms with van der Waals surface area (Å²) < 4.78 is 0. The standard InChI is InChI=1S/C41H40ClN7O4/c42-33-7-8-34(38-37(33)29(18-43)19-44-38)48-13-1-2-26(23-48)25-3-5-30(6-4-25)47-14-11-24(12-15-47)20-46-21-27-16-31-32(17-28(27)22-46)41(53)49(40(31)52)35-9-10-36(50)45-39(35)51/h3-8,16-17,19,24,26,35,44H,1-2,9-15,20-23H2,(H,45,50,51)/t26-,35?/m1/s1. The predicted octanol–water partition coefficient (Wildman–Crippen LogP) is 5.71. The quantitative estimate of drug-likeness (QED) is 0.241. The molecule has 0 spiro atoms. The molecule has 2 N–H and O–H groups in total. The highest BCUT2D eigenvalue weighted by molar-refractivity contribution is 6.36. The minimum atomic E-state index is -0.948. The summed E-state index contributed by atoms with van der Waals surface area (Å²) in [5.74, 6) is -0.879. The summed E-state index contributed by atoms with van der Waals surface area (Å²) in [7, 11) is 0. The molecule has 0 aliphatic carbocycles. The molecule has 270 valence electrons. The number of fused-ring (bicyclic) bond motifs is 3. The monoisotopic (exact) mass is 729 g/mol. The molecule has 11 nitrogen and oxygen atoms in total. The zero-order valence-electron chi connectivity index (χ0n) is 29.4. The molecule has 3 saturated heterocycles. The molecule has 3 aromatic carbocycles. The molecule has 9 rings (SSSR count). The molecule has 6 heterocycles. The van der Waals surface area contributed by atoms with E-state index in [-0.39, 0.29) is 18.7 Å². The van der Waals surface area contributed by atoms with E-state index in [1.165, 1.54) is 11.3 Å². The summed E-state index contributed by atoms with van der Waals surface area (Å²) in [6.07, 6.45) is 6.45. The van der Waals surface area contributed by atoms with Crippen molar-refractivity contribution in [3.05, 3.63) is 93.1 Å². The number of amides is 4. The van der Waals surface area contributed by atoms with Crippen LogP contribution in [0, 0.1) is 17.2 Å². The Kier molecular flexibility index (Phi) is 8.47. The van der Waals surface area contributed by atoms with Crippen LogP contribution in [0.15, 0.2) is 54.7 Å². The van der Waals surface area contributed by atoms with Gasteiger partial charge in [0.25, 0.3) is 11.8 Å². The Hall–Kier alpha value is -5.18. The topological polar surface area (TPSA) is 133 Å². The second-order valence-corrected chi connectivity index (χ2v) is 15.6. The number of anilines is 2. The Bertz CT molecular complexity index is 2170. The minimum Gasteiger partial charge on any atom is -0.372 e. The summed E-state index contributed by atoms with van der Waals surface area (Å²) in [5, 5.41) is 13.2. The van der Waals surface area contributed by atoms with Crippen LogP contribution in [0.5, 0.6) is 0 Å². The molecule has 3 fully saturated rings. The van der Waals surface area contributed by atoms with Gasteiger partial charge in [-0.05, 0) is 91.1 Å². The molecule has 53 heavy (non-hydrogen) atoms. The highest BCUT2D eigenvalue weighted by atomic mass is 35.5. The summed E-state index contributed by atoms with van der Waals surface area (Å²) >= 11 is 6.48. The number of piperidine rings is 3. The Balaban J connectivity index is 0.790. The van der Waals surface area contributed by atoms with Crippen molar-refractivity contribution in [3.8, 4) is 6.07 Å². The van der Waals surface area contributed by atoms with Crippen LogP contribution in [0.1, 0.15) is 87.4 Å². The molecule has 1 aromatic heterocycles. The summed E-state index contributed by atoms with van der Waals surface area (Å²) in [5.41, 5.74) is 8.06. The van der Waals surface area contributed by atoms with Gasteiger partial charge in [0.15, 0.2) is 0 Å². The number of aromatic nitrogens is 1.